The minimum Gasteiger partial charge on any atom is -0.392 e. The predicted molar refractivity (Wildman–Crippen MR) is 159 cm³/mol. The maximum Gasteiger partial charge on any atom is 0.244 e. The van der Waals surface area contributed by atoms with E-state index in [-0.39, 0.29) is 17.3 Å². The lowest BCUT2D eigenvalue weighted by Gasteiger charge is -2.48. The van der Waals surface area contributed by atoms with Gasteiger partial charge in [0.25, 0.3) is 0 Å². The van der Waals surface area contributed by atoms with Crippen LogP contribution in [0.25, 0.3) is 0 Å². The van der Waals surface area contributed by atoms with Crippen LogP contribution in [0, 0.1) is 16.6 Å². The summed E-state index contributed by atoms with van der Waals surface area (Å²) in [7, 11) is -3.82. The van der Waals surface area contributed by atoms with E-state index in [9.17, 15) is 17.9 Å². The smallest absolute Gasteiger partial charge is 0.244 e. The van der Waals surface area contributed by atoms with Crippen molar-refractivity contribution >= 4 is 27.7 Å². The van der Waals surface area contributed by atoms with Crippen LogP contribution in [0.4, 0.5) is 15.9 Å². The third kappa shape index (κ3) is 5.86. The molecule has 2 aromatic rings. The second kappa shape index (κ2) is 11.8. The third-order valence-corrected chi connectivity index (χ3v) is 10.6. The number of nitrogens with one attached hydrogen (secondary N) is 2. The number of hydrogen-bond acceptors (Lipinski definition) is 9. The molecule has 0 saturated carbocycles. The number of anilines is 2. The molecule has 1 aromatic heterocycles. The number of ether oxygens (including phenoxy) is 1. The molecule has 3 saturated heterocycles. The van der Waals surface area contributed by atoms with E-state index in [1.165, 1.54) is 24.5 Å². The van der Waals surface area contributed by atoms with Crippen molar-refractivity contribution < 1.29 is 22.7 Å². The Labute approximate surface area is 246 Å². The molecule has 3 fully saturated rings. The Balaban J connectivity index is 1.28. The van der Waals surface area contributed by atoms with Crippen molar-refractivity contribution in [2.75, 3.05) is 69.2 Å². The summed E-state index contributed by atoms with van der Waals surface area (Å²) in [6, 6.07) is 9.48. The molecule has 2 atom stereocenters. The fourth-order valence-corrected chi connectivity index (χ4v) is 8.01. The predicted octanol–water partition coefficient (Wildman–Crippen LogP) is 2.85. The lowest BCUT2D eigenvalue weighted by atomic mass is 9.68. The molecule has 42 heavy (non-hydrogen) atoms. The van der Waals surface area contributed by atoms with Crippen molar-refractivity contribution in [3.8, 4) is 0 Å². The van der Waals surface area contributed by atoms with E-state index < -0.39 is 21.5 Å². The summed E-state index contributed by atoms with van der Waals surface area (Å²) in [6.45, 7) is 5.12. The molecule has 1 aromatic carbocycles. The molecule has 3 aliphatic heterocycles. The first-order chi connectivity index (χ1) is 20.3. The lowest BCUT2D eigenvalue weighted by molar-refractivity contribution is 0.122. The first-order valence-corrected chi connectivity index (χ1v) is 15.9. The molecule has 0 radical (unpaired) electrons. The van der Waals surface area contributed by atoms with Crippen molar-refractivity contribution in [1.82, 2.24) is 14.2 Å². The maximum atomic E-state index is 13.9. The van der Waals surface area contributed by atoms with Crippen LogP contribution in [0.1, 0.15) is 19.3 Å². The largest absolute Gasteiger partial charge is 0.392 e. The van der Waals surface area contributed by atoms with Gasteiger partial charge < -0.3 is 25.5 Å². The molecule has 0 bridgehead atoms. The molecule has 4 aliphatic rings. The molecular weight excluding hydrogens is 559 g/mol. The summed E-state index contributed by atoms with van der Waals surface area (Å²) < 4.78 is 48.3. The van der Waals surface area contributed by atoms with E-state index in [1.807, 2.05) is 6.08 Å². The van der Waals surface area contributed by atoms with Crippen LogP contribution in [-0.4, -0.2) is 99.1 Å². The number of allylic oxidation sites excluding steroid dienone is 2. The number of aliphatic hydroxyl groups is 1. The summed E-state index contributed by atoms with van der Waals surface area (Å²) >= 11 is 0. The Bertz CT molecular complexity index is 1470. The van der Waals surface area contributed by atoms with Crippen molar-refractivity contribution in [3.63, 3.8) is 0 Å². The first kappa shape index (κ1) is 28.9. The highest BCUT2D eigenvalue weighted by Gasteiger charge is 2.47. The van der Waals surface area contributed by atoms with Gasteiger partial charge in [0.1, 0.15) is 16.5 Å². The number of benzene rings is 1. The number of sulfonamides is 1. The van der Waals surface area contributed by atoms with E-state index >= 15 is 0 Å². The van der Waals surface area contributed by atoms with E-state index in [0.717, 1.165) is 42.3 Å². The zero-order valence-electron chi connectivity index (χ0n) is 23.5. The van der Waals surface area contributed by atoms with E-state index in [0.29, 0.717) is 57.8 Å². The number of halogens is 1. The number of likely N-dealkylation sites (tertiary alicyclic amines) is 1. The number of aromatic nitrogens is 1. The Hall–Kier alpha value is -3.16. The average molecular weight is 597 g/mol. The Morgan fingerprint density at radius 1 is 1.14 bits per heavy atom. The maximum absolute atomic E-state index is 13.9. The van der Waals surface area contributed by atoms with Crippen LogP contribution in [-0.2, 0) is 14.8 Å². The molecule has 4 heterocycles. The first-order valence-electron chi connectivity index (χ1n) is 14.4. The number of piperidine rings is 1. The molecule has 10 nitrogen and oxygen atoms in total. The lowest BCUT2D eigenvalue weighted by Crippen LogP contribution is -2.53. The highest BCUT2D eigenvalue weighted by atomic mass is 32.2. The molecule has 3 N–H and O–H groups in total. The number of aliphatic hydroxyl groups excluding tert-OH is 1. The average Bonchev–Trinajstić information content (AvgIpc) is 3.42. The number of nitrogens with zero attached hydrogens (tertiary/aromatic N) is 4. The zero-order chi connectivity index (χ0) is 29.3. The van der Waals surface area contributed by atoms with Crippen LogP contribution >= 0.6 is 0 Å². The highest BCUT2D eigenvalue weighted by Crippen LogP contribution is 2.47. The zero-order valence-corrected chi connectivity index (χ0v) is 24.3. The van der Waals surface area contributed by atoms with Crippen LogP contribution in [0.5, 0.6) is 0 Å². The number of pyridine rings is 1. The quantitative estimate of drug-likeness (QED) is 0.398. The van der Waals surface area contributed by atoms with Crippen molar-refractivity contribution in [1.29, 1.82) is 5.41 Å². The van der Waals surface area contributed by atoms with Gasteiger partial charge in [0.05, 0.1) is 19.3 Å². The van der Waals surface area contributed by atoms with Gasteiger partial charge in [0.15, 0.2) is 0 Å². The second-order valence-electron chi connectivity index (χ2n) is 11.6. The minimum absolute atomic E-state index is 0.163. The van der Waals surface area contributed by atoms with Crippen molar-refractivity contribution in [3.05, 3.63) is 71.3 Å². The summed E-state index contributed by atoms with van der Waals surface area (Å²) in [5.41, 5.74) is 2.79. The summed E-state index contributed by atoms with van der Waals surface area (Å²) in [5, 5.41) is 21.8. The van der Waals surface area contributed by atoms with Crippen molar-refractivity contribution in [2.45, 2.75) is 30.3 Å². The normalized spacial score (nSPS) is 25.7. The summed E-state index contributed by atoms with van der Waals surface area (Å²) in [4.78, 5) is 8.93. The van der Waals surface area contributed by atoms with Gasteiger partial charge in [-0.2, -0.15) is 4.31 Å². The monoisotopic (exact) mass is 596 g/mol. The van der Waals surface area contributed by atoms with Gasteiger partial charge in [-0.3, -0.25) is 4.90 Å². The molecule has 0 spiro atoms. The third-order valence-electron chi connectivity index (χ3n) is 8.75. The van der Waals surface area contributed by atoms with Crippen LogP contribution in [0.3, 0.4) is 0 Å². The Morgan fingerprint density at radius 3 is 2.60 bits per heavy atom. The number of β-amino-alcohol motifs (C(OH)–C–C–N with tert-alkyl or cyclic N) is 1. The van der Waals surface area contributed by atoms with Gasteiger partial charge in [-0.25, -0.2) is 17.8 Å². The van der Waals surface area contributed by atoms with Gasteiger partial charge in [0, 0.05) is 75.0 Å². The molecule has 0 amide bonds. The van der Waals surface area contributed by atoms with Crippen LogP contribution in [0.2, 0.25) is 0 Å². The van der Waals surface area contributed by atoms with E-state index in [2.05, 4.69) is 20.1 Å². The SMILES string of the molecule is N=CC1=C(Nc2ccc(F)cc2)C=C2CCN(S(=O)(=O)c3ccc(N4CCOCC4)nc3)C[C@@]2(CN2CC[C@@H](O)C2)C1. The molecule has 6 rings (SSSR count). The van der Waals surface area contributed by atoms with Gasteiger partial charge in [0.2, 0.25) is 10.0 Å². The van der Waals surface area contributed by atoms with Gasteiger partial charge in [-0.15, -0.1) is 0 Å². The van der Waals surface area contributed by atoms with Crippen LogP contribution in [0.15, 0.2) is 70.4 Å². The second-order valence-corrected chi connectivity index (χ2v) is 13.5. The topological polar surface area (TPSA) is 122 Å². The van der Waals surface area contributed by atoms with Crippen molar-refractivity contribution in [2.24, 2.45) is 5.41 Å². The fraction of sp³-hybridized carbons (Fsp3) is 0.467. The summed E-state index contributed by atoms with van der Waals surface area (Å²) in [6.07, 6.45) is 6.11. The van der Waals surface area contributed by atoms with Crippen LogP contribution < -0.4 is 10.2 Å². The Kier molecular flexibility index (Phi) is 8.16. The van der Waals surface area contributed by atoms with Gasteiger partial charge >= 0.3 is 0 Å². The number of rotatable bonds is 8. The molecule has 12 heteroatoms. The molecule has 224 valence electrons. The number of hydrogen-bond donors (Lipinski definition) is 3. The highest BCUT2D eigenvalue weighted by molar-refractivity contribution is 7.89. The molecule has 1 aliphatic carbocycles. The fourth-order valence-electron chi connectivity index (χ4n) is 6.53. The molecular formula is C30H37FN6O4S. The van der Waals surface area contributed by atoms with E-state index in [1.54, 1.807) is 28.6 Å². The van der Waals surface area contributed by atoms with Gasteiger partial charge in [-0.1, -0.05) is 5.57 Å². The molecule has 0 unspecified atom stereocenters. The van der Waals surface area contributed by atoms with E-state index in [4.69, 9.17) is 10.1 Å². The van der Waals surface area contributed by atoms with Gasteiger partial charge in [-0.05, 0) is 67.3 Å². The minimum atomic E-state index is -3.82. The number of morpholine rings is 1. The summed E-state index contributed by atoms with van der Waals surface area (Å²) in [5.74, 6) is 0.412. The Morgan fingerprint density at radius 2 is 1.93 bits per heavy atom. The number of fused-ring (bicyclic) bond motifs is 1. The standard InChI is InChI=1S/C30H37FN6O4S/c31-24-1-3-25(4-2-24)34-28-15-23-7-10-37(21-30(23,16-22(28)17-32)20-35-9-8-26(38)19-35)42(39,40)27-5-6-29(33-18-27)36-11-13-41-14-12-36/h1-6,15,17-18,26,32,34,38H,7-14,16,19-21H2/t26-,30+/m1/s1.